The lowest BCUT2D eigenvalue weighted by atomic mass is 10.3. The van der Waals surface area contributed by atoms with Crippen LogP contribution in [0.3, 0.4) is 0 Å². The quantitative estimate of drug-likeness (QED) is 0.750. The fraction of sp³-hybridized carbons (Fsp3) is 0.556. The lowest BCUT2D eigenvalue weighted by molar-refractivity contribution is 0.542. The van der Waals surface area contributed by atoms with E-state index in [0.29, 0.717) is 11.4 Å². The van der Waals surface area contributed by atoms with Gasteiger partial charge in [-0.1, -0.05) is 12.8 Å². The molecule has 0 amide bonds. The number of aryl methyl sites for hydroxylation is 1. The summed E-state index contributed by atoms with van der Waals surface area (Å²) in [4.78, 5) is 0. The van der Waals surface area contributed by atoms with Gasteiger partial charge in [-0.05, 0) is 12.3 Å². The molecule has 68 valence electrons. The Morgan fingerprint density at radius 2 is 2.46 bits per heavy atom. The van der Waals surface area contributed by atoms with Gasteiger partial charge < -0.3 is 5.73 Å². The van der Waals surface area contributed by atoms with E-state index in [1.54, 1.807) is 10.9 Å². The largest absolute Gasteiger partial charge is 0.395 e. The zero-order chi connectivity index (χ0) is 9.26. The molecule has 1 fully saturated rings. The molecule has 0 atom stereocenters. The van der Waals surface area contributed by atoms with Crippen molar-refractivity contribution in [2.24, 2.45) is 5.92 Å². The Balaban J connectivity index is 2.05. The molecule has 1 aromatic rings. The van der Waals surface area contributed by atoms with Gasteiger partial charge in [0, 0.05) is 6.54 Å². The van der Waals surface area contributed by atoms with E-state index in [0.717, 1.165) is 18.9 Å². The fourth-order valence-corrected chi connectivity index (χ4v) is 1.40. The summed E-state index contributed by atoms with van der Waals surface area (Å²) in [5.41, 5.74) is 6.55. The number of nitrogens with two attached hydrogens (primary N) is 1. The first kappa shape index (κ1) is 8.11. The van der Waals surface area contributed by atoms with Crippen molar-refractivity contribution in [2.75, 3.05) is 5.73 Å². The molecule has 4 heteroatoms. The summed E-state index contributed by atoms with van der Waals surface area (Å²) >= 11 is 0. The van der Waals surface area contributed by atoms with Crippen LogP contribution in [0.25, 0.3) is 0 Å². The first-order valence-electron chi connectivity index (χ1n) is 4.52. The van der Waals surface area contributed by atoms with Gasteiger partial charge in [0.25, 0.3) is 0 Å². The van der Waals surface area contributed by atoms with Gasteiger partial charge in [0.15, 0.2) is 5.69 Å². The third kappa shape index (κ3) is 1.64. The predicted octanol–water partition coefficient (Wildman–Crippen LogP) is 1.14. The van der Waals surface area contributed by atoms with E-state index in [1.165, 1.54) is 12.8 Å². The Labute approximate surface area is 77.0 Å². The highest BCUT2D eigenvalue weighted by Crippen LogP contribution is 2.32. The summed E-state index contributed by atoms with van der Waals surface area (Å²) in [5, 5.41) is 12.8. The number of anilines is 1. The third-order valence-electron chi connectivity index (χ3n) is 2.42. The monoisotopic (exact) mass is 176 g/mol. The van der Waals surface area contributed by atoms with Gasteiger partial charge in [0.05, 0.1) is 11.9 Å². The van der Waals surface area contributed by atoms with Crippen LogP contribution < -0.4 is 5.73 Å². The molecule has 1 saturated carbocycles. The van der Waals surface area contributed by atoms with Gasteiger partial charge in [-0.25, -0.2) is 0 Å². The van der Waals surface area contributed by atoms with Gasteiger partial charge in [0.2, 0.25) is 0 Å². The van der Waals surface area contributed by atoms with Crippen molar-refractivity contribution >= 4 is 5.69 Å². The van der Waals surface area contributed by atoms with Crippen molar-refractivity contribution in [3.63, 3.8) is 0 Å². The molecule has 0 bridgehead atoms. The highest BCUT2D eigenvalue weighted by molar-refractivity contribution is 5.48. The Morgan fingerprint density at radius 3 is 3.08 bits per heavy atom. The van der Waals surface area contributed by atoms with E-state index in [2.05, 4.69) is 11.2 Å². The maximum atomic E-state index is 8.78. The topological polar surface area (TPSA) is 67.6 Å². The maximum absolute atomic E-state index is 8.78. The Morgan fingerprint density at radius 1 is 1.69 bits per heavy atom. The van der Waals surface area contributed by atoms with E-state index in [-0.39, 0.29) is 0 Å². The molecule has 0 spiro atoms. The first-order valence-corrected chi connectivity index (χ1v) is 4.52. The number of hydrogen-bond acceptors (Lipinski definition) is 3. The Hall–Kier alpha value is -1.50. The minimum Gasteiger partial charge on any atom is -0.395 e. The van der Waals surface area contributed by atoms with Crippen molar-refractivity contribution in [2.45, 2.75) is 25.8 Å². The summed E-state index contributed by atoms with van der Waals surface area (Å²) in [6.45, 7) is 0.824. The summed E-state index contributed by atoms with van der Waals surface area (Å²) in [6.07, 6.45) is 5.33. The maximum Gasteiger partial charge on any atom is 0.161 e. The van der Waals surface area contributed by atoms with E-state index in [9.17, 15) is 0 Å². The number of nitriles is 1. The molecule has 1 aliphatic carbocycles. The van der Waals surface area contributed by atoms with Crippen LogP contribution in [0.5, 0.6) is 0 Å². The number of hydrogen-bond donors (Lipinski definition) is 1. The SMILES string of the molecule is N#Cc1c(N)cnn1CCC1CC1. The molecule has 1 aromatic heterocycles. The predicted molar refractivity (Wildman–Crippen MR) is 48.7 cm³/mol. The highest BCUT2D eigenvalue weighted by atomic mass is 15.3. The van der Waals surface area contributed by atoms with Crippen LogP contribution in [0.15, 0.2) is 6.20 Å². The molecule has 0 radical (unpaired) electrons. The molecular formula is C9H12N4. The fourth-order valence-electron chi connectivity index (χ4n) is 1.40. The minimum atomic E-state index is 0.485. The molecule has 0 saturated heterocycles. The number of nitrogens with zero attached hydrogens (tertiary/aromatic N) is 3. The summed E-state index contributed by atoms with van der Waals surface area (Å²) < 4.78 is 1.70. The van der Waals surface area contributed by atoms with Crippen LogP contribution >= 0.6 is 0 Å². The summed E-state index contributed by atoms with van der Waals surface area (Å²) in [6, 6.07) is 2.06. The number of nitrogen functional groups attached to an aromatic ring is 1. The standard InChI is InChI=1S/C9H12N4/c10-5-9-8(11)6-12-13(9)4-3-7-1-2-7/h6-7H,1-4,11H2. The van der Waals surface area contributed by atoms with Crippen LogP contribution in [-0.2, 0) is 6.54 Å². The van der Waals surface area contributed by atoms with E-state index in [4.69, 9.17) is 11.0 Å². The van der Waals surface area contributed by atoms with Crippen molar-refractivity contribution in [1.29, 1.82) is 5.26 Å². The van der Waals surface area contributed by atoms with E-state index < -0.39 is 0 Å². The second kappa shape index (κ2) is 3.09. The van der Waals surface area contributed by atoms with Gasteiger partial charge in [-0.3, -0.25) is 4.68 Å². The lowest BCUT2D eigenvalue weighted by Crippen LogP contribution is -2.04. The molecule has 0 aromatic carbocycles. The van der Waals surface area contributed by atoms with Crippen LogP contribution in [0.4, 0.5) is 5.69 Å². The van der Waals surface area contributed by atoms with Gasteiger partial charge in [-0.15, -0.1) is 0 Å². The normalized spacial score (nSPS) is 15.6. The average molecular weight is 176 g/mol. The molecule has 0 unspecified atom stereocenters. The van der Waals surface area contributed by atoms with Crippen LogP contribution in [0.1, 0.15) is 25.0 Å². The number of aromatic nitrogens is 2. The molecule has 1 heterocycles. The van der Waals surface area contributed by atoms with Crippen LogP contribution in [0.2, 0.25) is 0 Å². The van der Waals surface area contributed by atoms with Crippen molar-refractivity contribution in [3.8, 4) is 6.07 Å². The van der Waals surface area contributed by atoms with Crippen LogP contribution in [-0.4, -0.2) is 9.78 Å². The smallest absolute Gasteiger partial charge is 0.161 e. The highest BCUT2D eigenvalue weighted by Gasteiger charge is 2.21. The summed E-state index contributed by atoms with van der Waals surface area (Å²) in [7, 11) is 0. The minimum absolute atomic E-state index is 0.485. The van der Waals surface area contributed by atoms with E-state index in [1.807, 2.05) is 0 Å². The second-order valence-corrected chi connectivity index (χ2v) is 3.52. The van der Waals surface area contributed by atoms with Crippen molar-refractivity contribution in [1.82, 2.24) is 9.78 Å². The third-order valence-corrected chi connectivity index (χ3v) is 2.42. The molecule has 2 rings (SSSR count). The Kier molecular flexibility index (Phi) is 1.93. The molecular weight excluding hydrogens is 164 g/mol. The summed E-state index contributed by atoms with van der Waals surface area (Å²) in [5.74, 6) is 0.858. The zero-order valence-corrected chi connectivity index (χ0v) is 7.40. The lowest BCUT2D eigenvalue weighted by Gasteiger charge is -2.00. The van der Waals surface area contributed by atoms with Crippen molar-refractivity contribution in [3.05, 3.63) is 11.9 Å². The molecule has 2 N–H and O–H groups in total. The number of rotatable bonds is 3. The molecule has 13 heavy (non-hydrogen) atoms. The first-order chi connectivity index (χ1) is 6.31. The molecule has 1 aliphatic rings. The van der Waals surface area contributed by atoms with Crippen molar-refractivity contribution < 1.29 is 0 Å². The Bertz CT molecular complexity index is 343. The van der Waals surface area contributed by atoms with Gasteiger partial charge >= 0.3 is 0 Å². The molecule has 0 aliphatic heterocycles. The van der Waals surface area contributed by atoms with Gasteiger partial charge in [-0.2, -0.15) is 10.4 Å². The average Bonchev–Trinajstić information content (AvgIpc) is 2.88. The second-order valence-electron chi connectivity index (χ2n) is 3.52. The molecule has 4 nitrogen and oxygen atoms in total. The van der Waals surface area contributed by atoms with E-state index >= 15 is 0 Å². The van der Waals surface area contributed by atoms with Crippen LogP contribution in [0, 0.1) is 17.2 Å². The zero-order valence-electron chi connectivity index (χ0n) is 7.40. The van der Waals surface area contributed by atoms with Gasteiger partial charge in [0.1, 0.15) is 6.07 Å².